The van der Waals surface area contributed by atoms with Crippen LogP contribution in [0.25, 0.3) is 0 Å². The molecule has 0 aliphatic carbocycles. The largest absolute Gasteiger partial charge is 0.484 e. The molecule has 0 spiro atoms. The van der Waals surface area contributed by atoms with E-state index in [1.165, 1.54) is 5.56 Å². The molecule has 0 fully saturated rings. The van der Waals surface area contributed by atoms with Crippen molar-refractivity contribution in [3.63, 3.8) is 0 Å². The first-order chi connectivity index (χ1) is 9.13. The molecule has 0 aromatic heterocycles. The lowest BCUT2D eigenvalue weighted by Crippen LogP contribution is -2.30. The van der Waals surface area contributed by atoms with Crippen molar-refractivity contribution >= 4 is 18.3 Å². The zero-order chi connectivity index (χ0) is 14.1. The molecule has 4 nitrogen and oxygen atoms in total. The maximum Gasteiger partial charge on any atom is 0.257 e. The molecule has 1 aromatic carbocycles. The van der Waals surface area contributed by atoms with Crippen LogP contribution in [-0.4, -0.2) is 32.7 Å². The number of nitrogens with one attached hydrogen (secondary N) is 2. The number of ether oxygens (including phenoxy) is 1. The maximum absolute atomic E-state index is 11.5. The highest BCUT2D eigenvalue weighted by Crippen LogP contribution is 2.19. The van der Waals surface area contributed by atoms with E-state index in [0.717, 1.165) is 18.7 Å². The molecule has 20 heavy (non-hydrogen) atoms. The molecule has 5 heteroatoms. The van der Waals surface area contributed by atoms with Crippen molar-refractivity contribution in [2.45, 2.75) is 26.2 Å². The minimum Gasteiger partial charge on any atom is -0.484 e. The molecule has 0 unspecified atom stereocenters. The summed E-state index contributed by atoms with van der Waals surface area (Å²) in [6.07, 6.45) is 0.922. The van der Waals surface area contributed by atoms with Gasteiger partial charge in [-0.15, -0.1) is 12.4 Å². The summed E-state index contributed by atoms with van der Waals surface area (Å²) in [5.74, 6) is 1.13. The van der Waals surface area contributed by atoms with Gasteiger partial charge >= 0.3 is 0 Å². The Hall–Kier alpha value is -1.26. The lowest BCUT2D eigenvalue weighted by molar-refractivity contribution is -0.123. The van der Waals surface area contributed by atoms with E-state index in [1.807, 2.05) is 25.2 Å². The molecule has 0 saturated carbocycles. The van der Waals surface area contributed by atoms with Crippen LogP contribution in [0.2, 0.25) is 0 Å². The van der Waals surface area contributed by atoms with Crippen LogP contribution in [0.5, 0.6) is 5.75 Å². The monoisotopic (exact) mass is 300 g/mol. The fourth-order valence-corrected chi connectivity index (χ4v) is 1.66. The number of benzene rings is 1. The van der Waals surface area contributed by atoms with Crippen molar-refractivity contribution in [2.24, 2.45) is 0 Å². The fraction of sp³-hybridized carbons (Fsp3) is 0.533. The summed E-state index contributed by atoms with van der Waals surface area (Å²) in [5.41, 5.74) is 1.21. The van der Waals surface area contributed by atoms with Crippen molar-refractivity contribution in [2.75, 3.05) is 26.7 Å². The summed E-state index contributed by atoms with van der Waals surface area (Å²) >= 11 is 0. The number of halogens is 1. The highest BCUT2D eigenvalue weighted by molar-refractivity contribution is 5.85. The molecule has 0 bridgehead atoms. The summed E-state index contributed by atoms with van der Waals surface area (Å²) in [6.45, 7) is 5.91. The van der Waals surface area contributed by atoms with Gasteiger partial charge in [-0.2, -0.15) is 0 Å². The Morgan fingerprint density at radius 1 is 1.30 bits per heavy atom. The minimum absolute atomic E-state index is 0. The Morgan fingerprint density at radius 3 is 2.70 bits per heavy atom. The number of carbonyl (C=O) groups is 1. The van der Waals surface area contributed by atoms with E-state index in [0.29, 0.717) is 12.5 Å². The standard InChI is InChI=1S/C15H24N2O2.ClH/c1-12(2)13-6-4-7-14(10-13)19-11-15(18)17-9-5-8-16-3;/h4,6-7,10,12,16H,5,8-9,11H2,1-3H3,(H,17,18);1H. The Kier molecular flexibility index (Phi) is 9.86. The van der Waals surface area contributed by atoms with Gasteiger partial charge in [0, 0.05) is 6.54 Å². The van der Waals surface area contributed by atoms with Crippen LogP contribution in [-0.2, 0) is 4.79 Å². The summed E-state index contributed by atoms with van der Waals surface area (Å²) in [4.78, 5) is 11.5. The molecular weight excluding hydrogens is 276 g/mol. The molecule has 1 aromatic rings. The average Bonchev–Trinajstić information content (AvgIpc) is 2.41. The number of amides is 1. The van der Waals surface area contributed by atoms with Crippen molar-refractivity contribution < 1.29 is 9.53 Å². The third-order valence-corrected chi connectivity index (χ3v) is 2.82. The Balaban J connectivity index is 0.00000361. The van der Waals surface area contributed by atoms with Gasteiger partial charge in [0.15, 0.2) is 6.61 Å². The topological polar surface area (TPSA) is 50.4 Å². The summed E-state index contributed by atoms with van der Waals surface area (Å²) in [7, 11) is 1.90. The second kappa shape index (κ2) is 10.5. The highest BCUT2D eigenvalue weighted by atomic mass is 35.5. The van der Waals surface area contributed by atoms with Crippen molar-refractivity contribution in [3.05, 3.63) is 29.8 Å². The molecule has 0 radical (unpaired) electrons. The zero-order valence-electron chi connectivity index (χ0n) is 12.4. The maximum atomic E-state index is 11.5. The van der Waals surface area contributed by atoms with Gasteiger partial charge in [-0.1, -0.05) is 26.0 Å². The smallest absolute Gasteiger partial charge is 0.257 e. The van der Waals surface area contributed by atoms with Crippen LogP contribution < -0.4 is 15.4 Å². The summed E-state index contributed by atoms with van der Waals surface area (Å²) in [5, 5.41) is 5.85. The van der Waals surface area contributed by atoms with E-state index in [1.54, 1.807) is 0 Å². The van der Waals surface area contributed by atoms with Gasteiger partial charge in [0.25, 0.3) is 5.91 Å². The third kappa shape index (κ3) is 7.36. The number of hydrogen-bond donors (Lipinski definition) is 2. The van der Waals surface area contributed by atoms with Gasteiger partial charge in [-0.25, -0.2) is 0 Å². The van der Waals surface area contributed by atoms with Crippen LogP contribution in [0.1, 0.15) is 31.7 Å². The van der Waals surface area contributed by atoms with Crippen molar-refractivity contribution in [1.29, 1.82) is 0 Å². The third-order valence-electron chi connectivity index (χ3n) is 2.82. The average molecular weight is 301 g/mol. The fourth-order valence-electron chi connectivity index (χ4n) is 1.66. The predicted molar refractivity (Wildman–Crippen MR) is 84.8 cm³/mol. The molecule has 1 amide bonds. The van der Waals surface area contributed by atoms with Crippen molar-refractivity contribution in [1.82, 2.24) is 10.6 Å². The van der Waals surface area contributed by atoms with Gasteiger partial charge in [0.2, 0.25) is 0 Å². The number of carbonyl (C=O) groups excluding carboxylic acids is 1. The van der Waals surface area contributed by atoms with Crippen LogP contribution in [0.15, 0.2) is 24.3 Å². The molecule has 0 heterocycles. The van der Waals surface area contributed by atoms with Gasteiger partial charge in [-0.3, -0.25) is 4.79 Å². The molecule has 0 saturated heterocycles. The molecule has 1 rings (SSSR count). The molecule has 114 valence electrons. The van der Waals surface area contributed by atoms with E-state index < -0.39 is 0 Å². The normalized spacial score (nSPS) is 10.0. The minimum atomic E-state index is -0.0777. The van der Waals surface area contributed by atoms with Gasteiger partial charge in [0.1, 0.15) is 5.75 Å². The molecular formula is C15H25ClN2O2. The van der Waals surface area contributed by atoms with E-state index >= 15 is 0 Å². The van der Waals surface area contributed by atoms with Crippen LogP contribution in [0.4, 0.5) is 0 Å². The second-order valence-corrected chi connectivity index (χ2v) is 4.82. The van der Waals surface area contributed by atoms with Crippen molar-refractivity contribution in [3.8, 4) is 5.75 Å². The second-order valence-electron chi connectivity index (χ2n) is 4.82. The lowest BCUT2D eigenvalue weighted by atomic mass is 10.0. The first-order valence-electron chi connectivity index (χ1n) is 6.77. The number of hydrogen-bond acceptors (Lipinski definition) is 3. The van der Waals surface area contributed by atoms with Gasteiger partial charge < -0.3 is 15.4 Å². The predicted octanol–water partition coefficient (Wildman–Crippen LogP) is 2.34. The SMILES string of the molecule is CNCCCNC(=O)COc1cccc(C(C)C)c1.Cl. The zero-order valence-corrected chi connectivity index (χ0v) is 13.3. The lowest BCUT2D eigenvalue weighted by Gasteiger charge is -2.10. The van der Waals surface area contributed by atoms with Crippen LogP contribution in [0, 0.1) is 0 Å². The van der Waals surface area contributed by atoms with E-state index in [-0.39, 0.29) is 24.9 Å². The first-order valence-corrected chi connectivity index (χ1v) is 6.77. The summed E-state index contributed by atoms with van der Waals surface area (Å²) in [6, 6.07) is 7.88. The van der Waals surface area contributed by atoms with Crippen LogP contribution in [0.3, 0.4) is 0 Å². The quantitative estimate of drug-likeness (QED) is 0.725. The molecule has 2 N–H and O–H groups in total. The van der Waals surface area contributed by atoms with Gasteiger partial charge in [0.05, 0.1) is 0 Å². The van der Waals surface area contributed by atoms with Gasteiger partial charge in [-0.05, 0) is 43.6 Å². The van der Waals surface area contributed by atoms with E-state index in [4.69, 9.17) is 4.74 Å². The Bertz CT molecular complexity index is 397. The number of rotatable bonds is 8. The first kappa shape index (κ1) is 18.7. The molecule has 0 aliphatic rings. The molecule has 0 atom stereocenters. The Morgan fingerprint density at radius 2 is 2.05 bits per heavy atom. The Labute approximate surface area is 127 Å². The van der Waals surface area contributed by atoms with E-state index in [9.17, 15) is 4.79 Å². The van der Waals surface area contributed by atoms with Crippen LogP contribution >= 0.6 is 12.4 Å². The summed E-state index contributed by atoms with van der Waals surface area (Å²) < 4.78 is 5.49. The molecule has 0 aliphatic heterocycles. The van der Waals surface area contributed by atoms with E-state index in [2.05, 4.69) is 30.5 Å². The highest BCUT2D eigenvalue weighted by Gasteiger charge is 2.04.